The SMILES string of the molecule is CSc1ccccc1-n1cc[nH]c1=O. The number of para-hydroxylation sites is 1. The summed E-state index contributed by atoms with van der Waals surface area (Å²) in [6.07, 6.45) is 5.37. The molecule has 4 heteroatoms. The normalized spacial score (nSPS) is 10.4. The summed E-state index contributed by atoms with van der Waals surface area (Å²) in [5.74, 6) is 0. The molecule has 0 saturated heterocycles. The van der Waals surface area contributed by atoms with Crippen LogP contribution in [0, 0.1) is 0 Å². The second-order valence-electron chi connectivity index (χ2n) is 2.81. The molecule has 3 nitrogen and oxygen atoms in total. The molecule has 1 N–H and O–H groups in total. The van der Waals surface area contributed by atoms with Crippen molar-refractivity contribution in [2.45, 2.75) is 4.90 Å². The number of imidazole rings is 1. The monoisotopic (exact) mass is 206 g/mol. The molecule has 14 heavy (non-hydrogen) atoms. The summed E-state index contributed by atoms with van der Waals surface area (Å²) in [5, 5.41) is 0. The van der Waals surface area contributed by atoms with Crippen molar-refractivity contribution < 1.29 is 0 Å². The van der Waals surface area contributed by atoms with Crippen molar-refractivity contribution in [2.75, 3.05) is 6.26 Å². The zero-order chi connectivity index (χ0) is 9.97. The number of nitrogens with one attached hydrogen (secondary N) is 1. The molecule has 0 radical (unpaired) electrons. The lowest BCUT2D eigenvalue weighted by molar-refractivity contribution is 0.962. The van der Waals surface area contributed by atoms with Crippen LogP contribution in [0.2, 0.25) is 0 Å². The first-order valence-corrected chi connectivity index (χ1v) is 5.45. The molecule has 0 saturated carbocycles. The van der Waals surface area contributed by atoms with Gasteiger partial charge in [-0.3, -0.25) is 4.57 Å². The summed E-state index contributed by atoms with van der Waals surface area (Å²) < 4.78 is 1.60. The van der Waals surface area contributed by atoms with Gasteiger partial charge in [0.05, 0.1) is 5.69 Å². The van der Waals surface area contributed by atoms with Gasteiger partial charge >= 0.3 is 5.69 Å². The van der Waals surface area contributed by atoms with E-state index in [-0.39, 0.29) is 5.69 Å². The Bertz CT molecular complexity index is 487. The third-order valence-electron chi connectivity index (χ3n) is 1.99. The minimum absolute atomic E-state index is 0.105. The van der Waals surface area contributed by atoms with E-state index >= 15 is 0 Å². The first kappa shape index (κ1) is 9.15. The molecule has 2 rings (SSSR count). The molecule has 1 aromatic carbocycles. The van der Waals surface area contributed by atoms with Gasteiger partial charge in [-0.25, -0.2) is 4.79 Å². The molecule has 0 fully saturated rings. The predicted octanol–water partition coefficient (Wildman–Crippen LogP) is 1.89. The molecular formula is C10H10N2OS. The van der Waals surface area contributed by atoms with E-state index in [1.165, 1.54) is 0 Å². The molecule has 1 heterocycles. The van der Waals surface area contributed by atoms with E-state index in [0.717, 1.165) is 10.6 Å². The highest BCUT2D eigenvalue weighted by Gasteiger charge is 2.04. The van der Waals surface area contributed by atoms with Gasteiger partial charge in [0, 0.05) is 17.3 Å². The van der Waals surface area contributed by atoms with Gasteiger partial charge in [-0.15, -0.1) is 11.8 Å². The Balaban J connectivity index is 2.62. The summed E-state index contributed by atoms with van der Waals surface area (Å²) in [5.41, 5.74) is 0.817. The fourth-order valence-electron chi connectivity index (χ4n) is 1.34. The van der Waals surface area contributed by atoms with E-state index in [2.05, 4.69) is 4.98 Å². The van der Waals surface area contributed by atoms with Crippen molar-refractivity contribution in [1.82, 2.24) is 9.55 Å². The number of hydrogen-bond donors (Lipinski definition) is 1. The van der Waals surface area contributed by atoms with E-state index in [0.29, 0.717) is 0 Å². The number of benzene rings is 1. The van der Waals surface area contributed by atoms with Crippen molar-refractivity contribution in [3.8, 4) is 5.69 Å². The molecule has 0 bridgehead atoms. The van der Waals surface area contributed by atoms with Crippen LogP contribution in [0.25, 0.3) is 5.69 Å². The van der Waals surface area contributed by atoms with Crippen LogP contribution in [0.15, 0.2) is 46.3 Å². The summed E-state index contributed by atoms with van der Waals surface area (Å²) >= 11 is 1.63. The van der Waals surface area contributed by atoms with Gasteiger partial charge in [-0.1, -0.05) is 12.1 Å². The smallest absolute Gasteiger partial charge is 0.312 e. The van der Waals surface area contributed by atoms with Crippen LogP contribution >= 0.6 is 11.8 Å². The third kappa shape index (κ3) is 1.48. The topological polar surface area (TPSA) is 37.8 Å². The second-order valence-corrected chi connectivity index (χ2v) is 3.66. The fraction of sp³-hybridized carbons (Fsp3) is 0.100. The molecule has 72 valence electrons. The van der Waals surface area contributed by atoms with Crippen molar-refractivity contribution in [2.24, 2.45) is 0 Å². The van der Waals surface area contributed by atoms with E-state index in [1.807, 2.05) is 30.5 Å². The molecule has 1 aromatic heterocycles. The number of aromatic nitrogens is 2. The lowest BCUT2D eigenvalue weighted by Gasteiger charge is -2.05. The Morgan fingerprint density at radius 1 is 1.36 bits per heavy atom. The molecule has 0 spiro atoms. The van der Waals surface area contributed by atoms with Gasteiger partial charge in [0.25, 0.3) is 0 Å². The van der Waals surface area contributed by atoms with Gasteiger partial charge in [-0.05, 0) is 18.4 Å². The third-order valence-corrected chi connectivity index (χ3v) is 2.78. The number of aromatic amines is 1. The van der Waals surface area contributed by atoms with Gasteiger partial charge in [0.1, 0.15) is 0 Å². The summed E-state index contributed by atoms with van der Waals surface area (Å²) in [7, 11) is 0. The van der Waals surface area contributed by atoms with E-state index in [4.69, 9.17) is 0 Å². The van der Waals surface area contributed by atoms with Gasteiger partial charge in [-0.2, -0.15) is 0 Å². The molecule has 0 unspecified atom stereocenters. The second kappa shape index (κ2) is 3.75. The zero-order valence-corrected chi connectivity index (χ0v) is 8.54. The first-order chi connectivity index (χ1) is 6.83. The van der Waals surface area contributed by atoms with Crippen molar-refractivity contribution in [3.05, 3.63) is 47.1 Å². The van der Waals surface area contributed by atoms with Crippen LogP contribution in [-0.4, -0.2) is 15.8 Å². The maximum absolute atomic E-state index is 11.4. The van der Waals surface area contributed by atoms with E-state index in [9.17, 15) is 4.79 Å². The van der Waals surface area contributed by atoms with Crippen LogP contribution in [-0.2, 0) is 0 Å². The van der Waals surface area contributed by atoms with Crippen molar-refractivity contribution >= 4 is 11.8 Å². The summed E-state index contributed by atoms with van der Waals surface area (Å²) in [4.78, 5) is 15.1. The number of rotatable bonds is 2. The van der Waals surface area contributed by atoms with E-state index in [1.54, 1.807) is 28.7 Å². The van der Waals surface area contributed by atoms with Crippen LogP contribution < -0.4 is 5.69 Å². The van der Waals surface area contributed by atoms with Crippen molar-refractivity contribution in [1.29, 1.82) is 0 Å². The largest absolute Gasteiger partial charge is 0.330 e. The molecule has 0 aliphatic carbocycles. The highest BCUT2D eigenvalue weighted by atomic mass is 32.2. The lowest BCUT2D eigenvalue weighted by Crippen LogP contribution is -2.14. The maximum atomic E-state index is 11.4. The fourth-order valence-corrected chi connectivity index (χ4v) is 1.93. The Kier molecular flexibility index (Phi) is 2.45. The van der Waals surface area contributed by atoms with Crippen LogP contribution in [0.5, 0.6) is 0 Å². The highest BCUT2D eigenvalue weighted by molar-refractivity contribution is 7.98. The molecule has 0 aliphatic heterocycles. The maximum Gasteiger partial charge on any atom is 0.330 e. The highest BCUT2D eigenvalue weighted by Crippen LogP contribution is 2.21. The average molecular weight is 206 g/mol. The van der Waals surface area contributed by atoms with E-state index < -0.39 is 0 Å². The minimum atomic E-state index is -0.105. The number of thioether (sulfide) groups is 1. The van der Waals surface area contributed by atoms with Crippen LogP contribution in [0.1, 0.15) is 0 Å². The predicted molar refractivity (Wildman–Crippen MR) is 58.2 cm³/mol. The lowest BCUT2D eigenvalue weighted by atomic mass is 10.3. The molecule has 0 amide bonds. The quantitative estimate of drug-likeness (QED) is 0.762. The van der Waals surface area contributed by atoms with Crippen LogP contribution in [0.4, 0.5) is 0 Å². The van der Waals surface area contributed by atoms with Gasteiger partial charge < -0.3 is 4.98 Å². The number of nitrogens with zero attached hydrogens (tertiary/aromatic N) is 1. The minimum Gasteiger partial charge on any atom is -0.312 e. The standard InChI is InChI=1S/C10H10N2OS/c1-14-9-5-3-2-4-8(9)12-7-6-11-10(12)13/h2-7H,1H3,(H,11,13). The Hall–Kier alpha value is -1.42. The first-order valence-electron chi connectivity index (χ1n) is 4.22. The Morgan fingerprint density at radius 3 is 2.79 bits per heavy atom. The Morgan fingerprint density at radius 2 is 2.14 bits per heavy atom. The number of H-pyrrole nitrogens is 1. The zero-order valence-electron chi connectivity index (χ0n) is 7.73. The number of hydrogen-bond acceptors (Lipinski definition) is 2. The summed E-state index contributed by atoms with van der Waals surface area (Å²) in [6.45, 7) is 0. The molecule has 0 aliphatic rings. The summed E-state index contributed by atoms with van der Waals surface area (Å²) in [6, 6.07) is 7.82. The average Bonchev–Trinajstić information content (AvgIpc) is 2.64. The van der Waals surface area contributed by atoms with Crippen LogP contribution in [0.3, 0.4) is 0 Å². The molecule has 2 aromatic rings. The van der Waals surface area contributed by atoms with Gasteiger partial charge in [0.2, 0.25) is 0 Å². The molecule has 0 atom stereocenters. The Labute approximate surface area is 85.8 Å². The van der Waals surface area contributed by atoms with Gasteiger partial charge in [0.15, 0.2) is 0 Å². The molecular weight excluding hydrogens is 196 g/mol. The van der Waals surface area contributed by atoms with Crippen molar-refractivity contribution in [3.63, 3.8) is 0 Å².